The predicted octanol–water partition coefficient (Wildman–Crippen LogP) is 4.38. The van der Waals surface area contributed by atoms with Gasteiger partial charge in [0, 0.05) is 11.1 Å². The Morgan fingerprint density at radius 1 is 1.09 bits per heavy atom. The minimum Gasteiger partial charge on any atom is -0.434 e. The molecule has 5 rings (SSSR count). The van der Waals surface area contributed by atoms with Crippen molar-refractivity contribution < 1.29 is 28.5 Å². The van der Waals surface area contributed by atoms with E-state index in [1.807, 2.05) is 30.3 Å². The minimum atomic E-state index is -2.99. The Hall–Kier alpha value is -3.40. The molecule has 0 saturated carbocycles. The lowest BCUT2D eigenvalue weighted by Gasteiger charge is -2.27. The summed E-state index contributed by atoms with van der Waals surface area (Å²) in [6, 6.07) is 17.4. The summed E-state index contributed by atoms with van der Waals surface area (Å²) >= 11 is 0. The van der Waals surface area contributed by atoms with Crippen molar-refractivity contribution in [3.63, 3.8) is 0 Å². The first kappa shape index (κ1) is 22.4. The van der Waals surface area contributed by atoms with Crippen molar-refractivity contribution in [1.82, 2.24) is 14.6 Å². The number of hydrogen-bond donors (Lipinski definition) is 2. The highest BCUT2D eigenvalue weighted by Crippen LogP contribution is 2.40. The number of aromatic nitrogens is 3. The Labute approximate surface area is 194 Å². The normalized spacial score (nSPS) is 18.3. The number of alkyl halides is 2. The largest absolute Gasteiger partial charge is 0.434 e. The molecule has 4 aromatic rings. The summed E-state index contributed by atoms with van der Waals surface area (Å²) in [5.41, 5.74) is 2.96. The summed E-state index contributed by atoms with van der Waals surface area (Å²) in [6.07, 6.45) is -1.80. The molecule has 3 heterocycles. The number of nitrogens with zero attached hydrogens (tertiary/aromatic N) is 3. The summed E-state index contributed by atoms with van der Waals surface area (Å²) in [5.74, 6) is -0.0156. The molecule has 1 aliphatic heterocycles. The molecule has 0 bridgehead atoms. The van der Waals surface area contributed by atoms with Gasteiger partial charge in [0.05, 0.1) is 23.6 Å². The minimum absolute atomic E-state index is 0.0156. The van der Waals surface area contributed by atoms with E-state index in [-0.39, 0.29) is 12.4 Å². The fourth-order valence-electron chi connectivity index (χ4n) is 4.14. The Morgan fingerprint density at radius 3 is 2.53 bits per heavy atom. The topological polar surface area (TPSA) is 89.1 Å². The SMILES string of the molecule is CC(C)(O)c1ccc(-c2ccc3nc4c(n3n2)[C@@H](c2ccccc2OC(F)F)OC[C@H]4O)cc1. The van der Waals surface area contributed by atoms with E-state index < -0.39 is 24.4 Å². The second kappa shape index (κ2) is 8.43. The van der Waals surface area contributed by atoms with E-state index >= 15 is 0 Å². The average Bonchev–Trinajstić information content (AvgIpc) is 3.19. The molecular weight excluding hydrogens is 444 g/mol. The number of halogens is 2. The second-order valence-electron chi connectivity index (χ2n) is 8.65. The molecule has 0 unspecified atom stereocenters. The number of aliphatic hydroxyl groups excluding tert-OH is 1. The second-order valence-corrected chi connectivity index (χ2v) is 8.65. The molecule has 0 radical (unpaired) electrons. The van der Waals surface area contributed by atoms with Crippen molar-refractivity contribution >= 4 is 5.65 Å². The van der Waals surface area contributed by atoms with Gasteiger partial charge in [-0.05, 0) is 37.6 Å². The third kappa shape index (κ3) is 4.02. The van der Waals surface area contributed by atoms with Crippen LogP contribution in [-0.2, 0) is 10.3 Å². The fourth-order valence-corrected chi connectivity index (χ4v) is 4.14. The molecular formula is C25H23F2N3O4. The van der Waals surface area contributed by atoms with Gasteiger partial charge in [0.1, 0.15) is 23.7 Å². The van der Waals surface area contributed by atoms with Crippen LogP contribution in [0.3, 0.4) is 0 Å². The highest BCUT2D eigenvalue weighted by molar-refractivity contribution is 5.61. The Bertz CT molecular complexity index is 1330. The molecule has 0 fully saturated rings. The van der Waals surface area contributed by atoms with Crippen LogP contribution in [0.2, 0.25) is 0 Å². The number of benzene rings is 2. The average molecular weight is 467 g/mol. The van der Waals surface area contributed by atoms with Gasteiger partial charge in [-0.1, -0.05) is 42.5 Å². The van der Waals surface area contributed by atoms with E-state index in [2.05, 4.69) is 4.98 Å². The van der Waals surface area contributed by atoms with Gasteiger partial charge in [-0.15, -0.1) is 0 Å². The van der Waals surface area contributed by atoms with Crippen LogP contribution >= 0.6 is 0 Å². The molecule has 34 heavy (non-hydrogen) atoms. The van der Waals surface area contributed by atoms with Crippen molar-refractivity contribution in [1.29, 1.82) is 0 Å². The standard InChI is InChI=1S/C25H23F2N3O4/c1-25(2,32)15-9-7-14(8-10-15)17-11-12-20-28-21-18(31)13-33-23(22(21)30(20)29-17)16-5-3-4-6-19(16)34-24(26)27/h3-12,18,23-24,31-32H,13H2,1-2H3/t18-,23-/m1/s1. The van der Waals surface area contributed by atoms with Crippen molar-refractivity contribution in [2.75, 3.05) is 6.61 Å². The van der Waals surface area contributed by atoms with Crippen molar-refractivity contribution in [3.8, 4) is 17.0 Å². The smallest absolute Gasteiger partial charge is 0.387 e. The van der Waals surface area contributed by atoms with Crippen LogP contribution in [0.5, 0.6) is 5.75 Å². The first-order valence-corrected chi connectivity index (χ1v) is 10.8. The highest BCUT2D eigenvalue weighted by atomic mass is 19.3. The zero-order chi connectivity index (χ0) is 24.0. The van der Waals surface area contributed by atoms with Crippen molar-refractivity contribution in [3.05, 3.63) is 83.2 Å². The summed E-state index contributed by atoms with van der Waals surface area (Å²) < 4.78 is 38.2. The van der Waals surface area contributed by atoms with Crippen LogP contribution in [0.15, 0.2) is 60.7 Å². The molecule has 176 valence electrons. The summed E-state index contributed by atoms with van der Waals surface area (Å²) in [4.78, 5) is 4.53. The molecule has 0 spiro atoms. The zero-order valence-electron chi connectivity index (χ0n) is 18.5. The summed E-state index contributed by atoms with van der Waals surface area (Å²) in [5, 5.41) is 25.5. The highest BCUT2D eigenvalue weighted by Gasteiger charge is 2.35. The lowest BCUT2D eigenvalue weighted by atomic mass is 9.97. The number of rotatable bonds is 5. The van der Waals surface area contributed by atoms with Gasteiger partial charge < -0.3 is 19.7 Å². The first-order chi connectivity index (χ1) is 16.2. The molecule has 0 aliphatic carbocycles. The molecule has 2 aromatic heterocycles. The van der Waals surface area contributed by atoms with Gasteiger partial charge in [0.25, 0.3) is 0 Å². The Morgan fingerprint density at radius 2 is 1.82 bits per heavy atom. The molecule has 0 amide bonds. The Balaban J connectivity index is 1.63. The number of hydrogen-bond acceptors (Lipinski definition) is 6. The zero-order valence-corrected chi connectivity index (χ0v) is 18.5. The summed E-state index contributed by atoms with van der Waals surface area (Å²) in [6.45, 7) is 0.389. The van der Waals surface area contributed by atoms with E-state index in [9.17, 15) is 19.0 Å². The molecule has 1 aliphatic rings. The maximum absolute atomic E-state index is 13.0. The van der Waals surface area contributed by atoms with Crippen LogP contribution in [-0.4, -0.2) is 38.0 Å². The maximum Gasteiger partial charge on any atom is 0.387 e. The van der Waals surface area contributed by atoms with Gasteiger partial charge in [-0.3, -0.25) is 0 Å². The van der Waals surface area contributed by atoms with E-state index in [1.54, 1.807) is 42.6 Å². The lowest BCUT2D eigenvalue weighted by molar-refractivity contribution is -0.0549. The van der Waals surface area contributed by atoms with Gasteiger partial charge in [0.2, 0.25) is 0 Å². The molecule has 2 N–H and O–H groups in total. The van der Waals surface area contributed by atoms with Crippen LogP contribution < -0.4 is 4.74 Å². The van der Waals surface area contributed by atoms with E-state index in [1.165, 1.54) is 6.07 Å². The third-order valence-corrected chi connectivity index (χ3v) is 5.83. The summed E-state index contributed by atoms with van der Waals surface area (Å²) in [7, 11) is 0. The third-order valence-electron chi connectivity index (χ3n) is 5.83. The molecule has 2 aromatic carbocycles. The quantitative estimate of drug-likeness (QED) is 0.453. The molecule has 7 nitrogen and oxygen atoms in total. The van der Waals surface area contributed by atoms with E-state index in [0.717, 1.165) is 11.1 Å². The maximum atomic E-state index is 13.0. The number of aliphatic hydroxyl groups is 2. The number of fused-ring (bicyclic) bond motifs is 3. The molecule has 2 atom stereocenters. The van der Waals surface area contributed by atoms with E-state index in [4.69, 9.17) is 14.6 Å². The van der Waals surface area contributed by atoms with Gasteiger partial charge in [-0.25, -0.2) is 9.50 Å². The fraction of sp³-hybridized carbons (Fsp3) is 0.280. The monoisotopic (exact) mass is 467 g/mol. The van der Waals surface area contributed by atoms with Crippen LogP contribution in [0, 0.1) is 0 Å². The Kier molecular flexibility index (Phi) is 5.55. The number of ether oxygens (including phenoxy) is 2. The van der Waals surface area contributed by atoms with Crippen LogP contribution in [0.1, 0.15) is 48.6 Å². The lowest BCUT2D eigenvalue weighted by Crippen LogP contribution is -2.24. The van der Waals surface area contributed by atoms with Crippen molar-refractivity contribution in [2.45, 2.75) is 38.3 Å². The first-order valence-electron chi connectivity index (χ1n) is 10.8. The van der Waals surface area contributed by atoms with Gasteiger partial charge >= 0.3 is 6.61 Å². The molecule has 9 heteroatoms. The van der Waals surface area contributed by atoms with E-state index in [0.29, 0.717) is 28.3 Å². The number of imidazole rings is 1. The predicted molar refractivity (Wildman–Crippen MR) is 119 cm³/mol. The van der Waals surface area contributed by atoms with Crippen molar-refractivity contribution in [2.24, 2.45) is 0 Å². The van der Waals surface area contributed by atoms with Gasteiger partial charge in [0.15, 0.2) is 5.65 Å². The molecule has 0 saturated heterocycles. The van der Waals surface area contributed by atoms with Crippen LogP contribution in [0.4, 0.5) is 8.78 Å². The number of para-hydroxylation sites is 1. The van der Waals surface area contributed by atoms with Crippen LogP contribution in [0.25, 0.3) is 16.9 Å². The van der Waals surface area contributed by atoms with Gasteiger partial charge in [-0.2, -0.15) is 13.9 Å².